The molecule has 3 N–H and O–H groups in total. The van der Waals surface area contributed by atoms with Crippen LogP contribution in [-0.2, 0) is 14.3 Å². The topological polar surface area (TPSA) is 127 Å². The summed E-state index contributed by atoms with van der Waals surface area (Å²) in [5.74, 6) is -1.56. The minimum Gasteiger partial charge on any atom is -0.503 e. The smallest absolute Gasteiger partial charge is 0.331 e. The highest BCUT2D eigenvalue weighted by atomic mass is 16.5. The maximum atomic E-state index is 12.3. The molecule has 1 aliphatic heterocycles. The minimum atomic E-state index is -0.963. The molecular formula is C18H28N2O7. The number of hydrogen-bond donors (Lipinski definition) is 3. The molecule has 0 radical (unpaired) electrons. The predicted octanol–water partition coefficient (Wildman–Crippen LogP) is 1.02. The van der Waals surface area contributed by atoms with Gasteiger partial charge in [0, 0.05) is 25.5 Å². The summed E-state index contributed by atoms with van der Waals surface area (Å²) in [4.78, 5) is 28.2. The van der Waals surface area contributed by atoms with Gasteiger partial charge in [0.2, 0.25) is 0 Å². The summed E-state index contributed by atoms with van der Waals surface area (Å²) in [5.41, 5.74) is -0.231. The van der Waals surface area contributed by atoms with Crippen molar-refractivity contribution in [2.45, 2.75) is 45.3 Å². The van der Waals surface area contributed by atoms with Gasteiger partial charge in [0.25, 0.3) is 5.91 Å². The van der Waals surface area contributed by atoms with Gasteiger partial charge in [-0.1, -0.05) is 6.92 Å². The Hall–Kier alpha value is -2.39. The van der Waals surface area contributed by atoms with Crippen LogP contribution in [0.1, 0.15) is 43.6 Å². The van der Waals surface area contributed by atoms with E-state index in [1.165, 1.54) is 19.4 Å². The van der Waals surface area contributed by atoms with Crippen molar-refractivity contribution in [1.29, 1.82) is 0 Å². The summed E-state index contributed by atoms with van der Waals surface area (Å²) < 4.78 is 15.6. The number of carbonyl (C=O) groups excluding carboxylic acids is 2. The molecule has 2 atom stereocenters. The van der Waals surface area contributed by atoms with Gasteiger partial charge in [-0.25, -0.2) is 9.78 Å². The van der Waals surface area contributed by atoms with Crippen molar-refractivity contribution in [2.24, 2.45) is 0 Å². The average molecular weight is 384 g/mol. The van der Waals surface area contributed by atoms with Crippen LogP contribution >= 0.6 is 0 Å². The van der Waals surface area contributed by atoms with E-state index < -0.39 is 23.7 Å². The number of cyclic esters (lactones) is 1. The van der Waals surface area contributed by atoms with Crippen LogP contribution in [0.15, 0.2) is 12.3 Å². The molecule has 0 saturated carbocycles. The quantitative estimate of drug-likeness (QED) is 0.657. The summed E-state index contributed by atoms with van der Waals surface area (Å²) in [7, 11) is 1.36. The Morgan fingerprint density at radius 3 is 2.81 bits per heavy atom. The molecule has 2 heterocycles. The van der Waals surface area contributed by atoms with Crippen LogP contribution in [0.5, 0.6) is 11.5 Å². The van der Waals surface area contributed by atoms with E-state index in [1.807, 2.05) is 6.92 Å². The molecule has 0 spiro atoms. The Balaban J connectivity index is 0.000000828. The number of esters is 1. The number of aromatic hydroxyl groups is 1. The standard InChI is InChI=1S/C15H20N2O6.C3H8O/c1-9-4-3-7-22-8-10(15(20)23-9)17-14(19)12-13(18)11(21-2)5-6-16-12;1-2-3-4/h5-6,9-10,18H,3-4,7-8H2,1-2H3,(H,17,19);4H,2-3H2,1H3/t9?,10-;/m0./s1. The molecule has 9 heteroatoms. The highest BCUT2D eigenvalue weighted by Crippen LogP contribution is 2.27. The van der Waals surface area contributed by atoms with Gasteiger partial charge >= 0.3 is 5.97 Å². The lowest BCUT2D eigenvalue weighted by molar-refractivity contribution is -0.151. The van der Waals surface area contributed by atoms with Gasteiger partial charge in [0.1, 0.15) is 0 Å². The maximum Gasteiger partial charge on any atom is 0.331 e. The van der Waals surface area contributed by atoms with Gasteiger partial charge in [-0.2, -0.15) is 0 Å². The maximum absolute atomic E-state index is 12.3. The normalized spacial score (nSPS) is 20.1. The summed E-state index contributed by atoms with van der Waals surface area (Å²) in [6, 6.07) is 0.459. The zero-order valence-electron chi connectivity index (χ0n) is 15.9. The number of rotatable bonds is 4. The molecule has 1 fully saturated rings. The summed E-state index contributed by atoms with van der Waals surface area (Å²) >= 11 is 0. The van der Waals surface area contributed by atoms with E-state index in [4.69, 9.17) is 19.3 Å². The van der Waals surface area contributed by atoms with Gasteiger partial charge in [-0.15, -0.1) is 0 Å². The zero-order chi connectivity index (χ0) is 20.2. The van der Waals surface area contributed by atoms with Crippen molar-refractivity contribution in [3.05, 3.63) is 18.0 Å². The highest BCUT2D eigenvalue weighted by Gasteiger charge is 2.28. The number of nitrogens with zero attached hydrogens (tertiary/aromatic N) is 1. The van der Waals surface area contributed by atoms with E-state index in [1.54, 1.807) is 6.92 Å². The lowest BCUT2D eigenvalue weighted by atomic mass is 10.2. The van der Waals surface area contributed by atoms with Gasteiger partial charge in [-0.05, 0) is 26.2 Å². The molecule has 0 aromatic carbocycles. The molecule has 1 unspecified atom stereocenters. The Bertz CT molecular complexity index is 607. The number of aromatic nitrogens is 1. The number of pyridine rings is 1. The molecule has 0 aliphatic carbocycles. The fourth-order valence-corrected chi connectivity index (χ4v) is 2.18. The van der Waals surface area contributed by atoms with Crippen molar-refractivity contribution < 1.29 is 34.0 Å². The summed E-state index contributed by atoms with van der Waals surface area (Å²) in [5, 5.41) is 20.3. The summed E-state index contributed by atoms with van der Waals surface area (Å²) in [6.07, 6.45) is 3.43. The third kappa shape index (κ3) is 7.40. The van der Waals surface area contributed by atoms with E-state index in [2.05, 4.69) is 10.3 Å². The Morgan fingerprint density at radius 1 is 1.48 bits per heavy atom. The van der Waals surface area contributed by atoms with Crippen LogP contribution in [0.3, 0.4) is 0 Å². The number of aliphatic hydroxyl groups excluding tert-OH is 1. The second-order valence-electron chi connectivity index (χ2n) is 5.92. The number of methoxy groups -OCH3 is 1. The Morgan fingerprint density at radius 2 is 2.19 bits per heavy atom. The molecular weight excluding hydrogens is 356 g/mol. The second-order valence-corrected chi connectivity index (χ2v) is 5.92. The van der Waals surface area contributed by atoms with Crippen LogP contribution in [0.4, 0.5) is 0 Å². The van der Waals surface area contributed by atoms with Gasteiger partial charge in [-0.3, -0.25) is 4.79 Å². The predicted molar refractivity (Wildman–Crippen MR) is 96.7 cm³/mol. The first-order valence-corrected chi connectivity index (χ1v) is 8.86. The number of hydrogen-bond acceptors (Lipinski definition) is 8. The van der Waals surface area contributed by atoms with Gasteiger partial charge < -0.3 is 29.7 Å². The molecule has 1 saturated heterocycles. The molecule has 1 amide bonds. The Labute approximate surface area is 158 Å². The van der Waals surface area contributed by atoms with Crippen LogP contribution in [0.25, 0.3) is 0 Å². The van der Waals surface area contributed by atoms with Crippen molar-refractivity contribution in [3.8, 4) is 11.5 Å². The first-order chi connectivity index (χ1) is 12.9. The van der Waals surface area contributed by atoms with Crippen LogP contribution < -0.4 is 10.1 Å². The molecule has 9 nitrogen and oxygen atoms in total. The van der Waals surface area contributed by atoms with E-state index in [0.29, 0.717) is 19.6 Å². The third-order valence-electron chi connectivity index (χ3n) is 3.64. The second kappa shape index (κ2) is 12.1. The zero-order valence-corrected chi connectivity index (χ0v) is 15.9. The first kappa shape index (κ1) is 22.7. The largest absolute Gasteiger partial charge is 0.503 e. The number of carbonyl (C=O) groups is 2. The average Bonchev–Trinajstić information content (AvgIpc) is 2.73. The third-order valence-corrected chi connectivity index (χ3v) is 3.64. The van der Waals surface area contributed by atoms with Crippen LogP contribution in [0, 0.1) is 0 Å². The SMILES string of the molecule is CCCO.COc1ccnc(C(=O)N[C@H]2COCCCC(C)OC2=O)c1O. The lowest BCUT2D eigenvalue weighted by Crippen LogP contribution is -2.45. The number of ether oxygens (including phenoxy) is 3. The fourth-order valence-electron chi connectivity index (χ4n) is 2.18. The van der Waals surface area contributed by atoms with Gasteiger partial charge in [0.05, 0.1) is 19.8 Å². The minimum absolute atomic E-state index is 0.00201. The molecule has 0 bridgehead atoms. The molecule has 152 valence electrons. The Kier molecular flexibility index (Phi) is 10.1. The molecule has 2 rings (SSSR count). The van der Waals surface area contributed by atoms with Crippen molar-refractivity contribution >= 4 is 11.9 Å². The monoisotopic (exact) mass is 384 g/mol. The number of amides is 1. The number of aliphatic hydroxyl groups is 1. The summed E-state index contributed by atoms with van der Waals surface area (Å²) in [6.45, 7) is 4.52. The first-order valence-electron chi connectivity index (χ1n) is 8.86. The van der Waals surface area contributed by atoms with Crippen LogP contribution in [-0.4, -0.2) is 66.1 Å². The van der Waals surface area contributed by atoms with E-state index in [9.17, 15) is 14.7 Å². The fraction of sp³-hybridized carbons (Fsp3) is 0.611. The lowest BCUT2D eigenvalue weighted by Gasteiger charge is -2.18. The molecule has 1 aromatic rings. The van der Waals surface area contributed by atoms with Crippen molar-refractivity contribution in [3.63, 3.8) is 0 Å². The number of nitrogens with one attached hydrogen (secondary N) is 1. The molecule has 1 aromatic heterocycles. The van der Waals surface area contributed by atoms with E-state index in [-0.39, 0.29) is 24.2 Å². The molecule has 27 heavy (non-hydrogen) atoms. The van der Waals surface area contributed by atoms with Crippen molar-refractivity contribution in [2.75, 3.05) is 26.9 Å². The van der Waals surface area contributed by atoms with Crippen LogP contribution in [0.2, 0.25) is 0 Å². The van der Waals surface area contributed by atoms with Gasteiger partial charge in [0.15, 0.2) is 23.2 Å². The highest BCUT2D eigenvalue weighted by molar-refractivity contribution is 5.98. The molecule has 1 aliphatic rings. The van der Waals surface area contributed by atoms with E-state index in [0.717, 1.165) is 12.8 Å². The van der Waals surface area contributed by atoms with E-state index >= 15 is 0 Å². The van der Waals surface area contributed by atoms with Crippen molar-refractivity contribution in [1.82, 2.24) is 10.3 Å².